The van der Waals surface area contributed by atoms with Crippen molar-refractivity contribution < 1.29 is 4.74 Å². The zero-order valence-electron chi connectivity index (χ0n) is 8.00. The summed E-state index contributed by atoms with van der Waals surface area (Å²) in [6.07, 6.45) is 0. The summed E-state index contributed by atoms with van der Waals surface area (Å²) in [5, 5.41) is 3.24. The SMILES string of the molecule is CC(C)c1ccc2c(n1)OCCN2. The van der Waals surface area contributed by atoms with Gasteiger partial charge in [-0.2, -0.15) is 0 Å². The number of fused-ring (bicyclic) bond motifs is 1. The van der Waals surface area contributed by atoms with Crippen LogP contribution < -0.4 is 10.1 Å². The lowest BCUT2D eigenvalue weighted by Gasteiger charge is -2.19. The van der Waals surface area contributed by atoms with E-state index in [1.165, 1.54) is 0 Å². The van der Waals surface area contributed by atoms with Gasteiger partial charge in [-0.05, 0) is 18.1 Å². The first-order valence-corrected chi connectivity index (χ1v) is 4.65. The van der Waals surface area contributed by atoms with Gasteiger partial charge >= 0.3 is 0 Å². The van der Waals surface area contributed by atoms with Gasteiger partial charge in [0.25, 0.3) is 0 Å². The van der Waals surface area contributed by atoms with Crippen molar-refractivity contribution in [1.82, 2.24) is 4.98 Å². The van der Waals surface area contributed by atoms with Crippen LogP contribution in [0.5, 0.6) is 5.88 Å². The van der Waals surface area contributed by atoms with Crippen molar-refractivity contribution in [3.8, 4) is 5.88 Å². The van der Waals surface area contributed by atoms with E-state index in [4.69, 9.17) is 4.74 Å². The molecule has 0 radical (unpaired) electrons. The Morgan fingerprint density at radius 2 is 2.31 bits per heavy atom. The fourth-order valence-electron chi connectivity index (χ4n) is 1.35. The highest BCUT2D eigenvalue weighted by Gasteiger charge is 2.12. The molecule has 0 saturated carbocycles. The average molecular weight is 178 g/mol. The van der Waals surface area contributed by atoms with E-state index in [1.807, 2.05) is 12.1 Å². The maximum Gasteiger partial charge on any atom is 0.237 e. The molecule has 1 aromatic heterocycles. The van der Waals surface area contributed by atoms with E-state index >= 15 is 0 Å². The number of ether oxygens (including phenoxy) is 1. The molecule has 13 heavy (non-hydrogen) atoms. The van der Waals surface area contributed by atoms with Crippen LogP contribution in [0, 0.1) is 0 Å². The number of nitrogens with zero attached hydrogens (tertiary/aromatic N) is 1. The Bertz CT molecular complexity index is 310. The van der Waals surface area contributed by atoms with Gasteiger partial charge in [-0.25, -0.2) is 4.98 Å². The summed E-state index contributed by atoms with van der Waals surface area (Å²) in [4.78, 5) is 4.43. The maximum absolute atomic E-state index is 5.44. The van der Waals surface area contributed by atoms with Crippen molar-refractivity contribution in [3.63, 3.8) is 0 Å². The van der Waals surface area contributed by atoms with Gasteiger partial charge in [0.2, 0.25) is 5.88 Å². The molecule has 0 saturated heterocycles. The Kier molecular flexibility index (Phi) is 2.08. The van der Waals surface area contributed by atoms with Crippen LogP contribution in [0.4, 0.5) is 5.69 Å². The van der Waals surface area contributed by atoms with Gasteiger partial charge in [0, 0.05) is 12.2 Å². The molecule has 0 amide bonds. The molecule has 0 spiro atoms. The summed E-state index contributed by atoms with van der Waals surface area (Å²) in [5.41, 5.74) is 2.10. The molecule has 0 aliphatic carbocycles. The van der Waals surface area contributed by atoms with E-state index in [9.17, 15) is 0 Å². The second-order valence-electron chi connectivity index (χ2n) is 3.52. The highest BCUT2D eigenvalue weighted by atomic mass is 16.5. The number of rotatable bonds is 1. The third kappa shape index (κ3) is 1.59. The van der Waals surface area contributed by atoms with Crippen molar-refractivity contribution in [2.24, 2.45) is 0 Å². The highest BCUT2D eigenvalue weighted by Crippen LogP contribution is 2.26. The monoisotopic (exact) mass is 178 g/mol. The van der Waals surface area contributed by atoms with Gasteiger partial charge in [-0.1, -0.05) is 13.8 Å². The molecule has 3 heteroatoms. The smallest absolute Gasteiger partial charge is 0.237 e. The maximum atomic E-state index is 5.44. The van der Waals surface area contributed by atoms with E-state index in [0.717, 1.165) is 23.8 Å². The molecule has 1 aliphatic rings. The van der Waals surface area contributed by atoms with Crippen LogP contribution in [0.25, 0.3) is 0 Å². The zero-order valence-corrected chi connectivity index (χ0v) is 8.00. The van der Waals surface area contributed by atoms with Gasteiger partial charge in [0.15, 0.2) is 0 Å². The Hall–Kier alpha value is -1.25. The molecular formula is C10H14N2O. The molecule has 2 heterocycles. The van der Waals surface area contributed by atoms with Gasteiger partial charge < -0.3 is 10.1 Å². The van der Waals surface area contributed by atoms with Gasteiger partial charge in [0.1, 0.15) is 6.61 Å². The molecule has 1 N–H and O–H groups in total. The number of hydrogen-bond acceptors (Lipinski definition) is 3. The minimum atomic E-state index is 0.454. The molecule has 1 aromatic rings. The van der Waals surface area contributed by atoms with Crippen LogP contribution >= 0.6 is 0 Å². The Morgan fingerprint density at radius 3 is 3.08 bits per heavy atom. The Labute approximate surface area is 78.1 Å². The van der Waals surface area contributed by atoms with Crippen LogP contribution in [0.3, 0.4) is 0 Å². The van der Waals surface area contributed by atoms with Crippen molar-refractivity contribution in [2.75, 3.05) is 18.5 Å². The molecule has 0 unspecified atom stereocenters. The molecular weight excluding hydrogens is 164 g/mol. The van der Waals surface area contributed by atoms with Crippen molar-refractivity contribution in [3.05, 3.63) is 17.8 Å². The first-order valence-electron chi connectivity index (χ1n) is 4.65. The predicted molar refractivity (Wildman–Crippen MR) is 52.3 cm³/mol. The standard InChI is InChI=1S/C10H14N2O/c1-7(2)8-3-4-9-10(12-8)13-6-5-11-9/h3-4,7,11H,5-6H2,1-2H3. The highest BCUT2D eigenvalue weighted by molar-refractivity contribution is 5.54. The van der Waals surface area contributed by atoms with Crippen molar-refractivity contribution in [2.45, 2.75) is 19.8 Å². The summed E-state index contributed by atoms with van der Waals surface area (Å²) < 4.78 is 5.44. The van der Waals surface area contributed by atoms with E-state index in [1.54, 1.807) is 0 Å². The average Bonchev–Trinajstić information content (AvgIpc) is 2.17. The summed E-state index contributed by atoms with van der Waals surface area (Å²) in [5.74, 6) is 1.20. The second kappa shape index (κ2) is 3.24. The summed E-state index contributed by atoms with van der Waals surface area (Å²) in [6, 6.07) is 4.09. The minimum absolute atomic E-state index is 0.454. The third-order valence-corrected chi connectivity index (χ3v) is 2.13. The molecule has 0 bridgehead atoms. The molecule has 2 rings (SSSR count). The zero-order chi connectivity index (χ0) is 9.26. The number of aromatic nitrogens is 1. The Balaban J connectivity index is 2.35. The van der Waals surface area contributed by atoms with Crippen LogP contribution in [-0.2, 0) is 0 Å². The molecule has 1 aliphatic heterocycles. The fourth-order valence-corrected chi connectivity index (χ4v) is 1.35. The normalized spacial score (nSPS) is 14.7. The summed E-state index contributed by atoms with van der Waals surface area (Å²) >= 11 is 0. The lowest BCUT2D eigenvalue weighted by atomic mass is 10.1. The quantitative estimate of drug-likeness (QED) is 0.714. The number of hydrogen-bond donors (Lipinski definition) is 1. The van der Waals surface area contributed by atoms with Crippen LogP contribution in [-0.4, -0.2) is 18.1 Å². The van der Waals surface area contributed by atoms with E-state index < -0.39 is 0 Å². The van der Waals surface area contributed by atoms with Crippen LogP contribution in [0.15, 0.2) is 12.1 Å². The van der Waals surface area contributed by atoms with Gasteiger partial charge in [0.05, 0.1) is 5.69 Å². The summed E-state index contributed by atoms with van der Waals surface area (Å²) in [6.45, 7) is 5.84. The molecule has 0 atom stereocenters. The molecule has 0 fully saturated rings. The van der Waals surface area contributed by atoms with Gasteiger partial charge in [-0.3, -0.25) is 0 Å². The molecule has 70 valence electrons. The van der Waals surface area contributed by atoms with Crippen LogP contribution in [0.1, 0.15) is 25.5 Å². The number of pyridine rings is 1. The molecule has 0 aromatic carbocycles. The first-order chi connectivity index (χ1) is 6.27. The Morgan fingerprint density at radius 1 is 1.46 bits per heavy atom. The first kappa shape index (κ1) is 8.35. The lowest BCUT2D eigenvalue weighted by molar-refractivity contribution is 0.309. The lowest BCUT2D eigenvalue weighted by Crippen LogP contribution is -2.19. The largest absolute Gasteiger partial charge is 0.474 e. The number of anilines is 1. The second-order valence-corrected chi connectivity index (χ2v) is 3.52. The summed E-state index contributed by atoms with van der Waals surface area (Å²) in [7, 11) is 0. The van der Waals surface area contributed by atoms with E-state index in [-0.39, 0.29) is 0 Å². The minimum Gasteiger partial charge on any atom is -0.474 e. The predicted octanol–water partition coefficient (Wildman–Crippen LogP) is 2.01. The van der Waals surface area contributed by atoms with Gasteiger partial charge in [-0.15, -0.1) is 0 Å². The van der Waals surface area contributed by atoms with Crippen LogP contribution in [0.2, 0.25) is 0 Å². The fraction of sp³-hybridized carbons (Fsp3) is 0.500. The van der Waals surface area contributed by atoms with E-state index in [0.29, 0.717) is 12.5 Å². The van der Waals surface area contributed by atoms with E-state index in [2.05, 4.69) is 24.1 Å². The number of nitrogens with one attached hydrogen (secondary N) is 1. The van der Waals surface area contributed by atoms with Crippen molar-refractivity contribution in [1.29, 1.82) is 0 Å². The third-order valence-electron chi connectivity index (χ3n) is 2.13. The van der Waals surface area contributed by atoms with Crippen molar-refractivity contribution >= 4 is 5.69 Å². The molecule has 3 nitrogen and oxygen atoms in total. The topological polar surface area (TPSA) is 34.1 Å².